The fraction of sp³-hybridized carbons (Fsp3) is 0.462. The van der Waals surface area contributed by atoms with Crippen LogP contribution in [0.5, 0.6) is 5.75 Å². The second-order valence-corrected chi connectivity index (χ2v) is 4.79. The summed E-state index contributed by atoms with van der Waals surface area (Å²) >= 11 is 6.03. The fourth-order valence-electron chi connectivity index (χ4n) is 2.07. The van der Waals surface area contributed by atoms with Gasteiger partial charge in [-0.3, -0.25) is 4.79 Å². The summed E-state index contributed by atoms with van der Waals surface area (Å²) in [7, 11) is 1.52. The molecule has 5 heteroatoms. The number of halogens is 1. The molecule has 1 atom stereocenters. The van der Waals surface area contributed by atoms with Crippen molar-refractivity contribution in [3.05, 3.63) is 28.3 Å². The zero-order valence-electron chi connectivity index (χ0n) is 10.2. The lowest BCUT2D eigenvalue weighted by molar-refractivity contribution is -0.120. The van der Waals surface area contributed by atoms with Gasteiger partial charge in [-0.1, -0.05) is 11.6 Å². The van der Waals surface area contributed by atoms with E-state index < -0.39 is 6.04 Å². The van der Waals surface area contributed by atoms with Gasteiger partial charge in [0.25, 0.3) is 0 Å². The number of methoxy groups -OCH3 is 1. The van der Waals surface area contributed by atoms with E-state index in [1.165, 1.54) is 7.11 Å². The minimum Gasteiger partial charge on any atom is -0.493 e. The average molecular weight is 270 g/mol. The maximum Gasteiger partial charge on any atom is 0.156 e. The molecule has 0 aliphatic carbocycles. The lowest BCUT2D eigenvalue weighted by Gasteiger charge is -2.12. The van der Waals surface area contributed by atoms with Crippen LogP contribution in [-0.2, 0) is 22.4 Å². The van der Waals surface area contributed by atoms with Gasteiger partial charge in [0.15, 0.2) is 5.78 Å². The number of ether oxygens (including phenoxy) is 2. The highest BCUT2D eigenvalue weighted by Crippen LogP contribution is 2.33. The maximum absolute atomic E-state index is 11.9. The van der Waals surface area contributed by atoms with Crippen LogP contribution in [-0.4, -0.2) is 32.1 Å². The molecular weight excluding hydrogens is 254 g/mol. The highest BCUT2D eigenvalue weighted by atomic mass is 35.5. The molecule has 0 aromatic heterocycles. The van der Waals surface area contributed by atoms with Crippen molar-refractivity contribution in [3.63, 3.8) is 0 Å². The summed E-state index contributed by atoms with van der Waals surface area (Å²) < 4.78 is 10.4. The molecule has 98 valence electrons. The zero-order valence-corrected chi connectivity index (χ0v) is 11.0. The van der Waals surface area contributed by atoms with Crippen molar-refractivity contribution in [2.24, 2.45) is 5.73 Å². The van der Waals surface area contributed by atoms with E-state index in [4.69, 9.17) is 26.8 Å². The van der Waals surface area contributed by atoms with Crippen LogP contribution >= 0.6 is 11.6 Å². The monoisotopic (exact) mass is 269 g/mol. The molecule has 1 aromatic carbocycles. The number of nitrogens with two attached hydrogens (primary N) is 1. The van der Waals surface area contributed by atoms with Crippen molar-refractivity contribution in [2.75, 3.05) is 20.3 Å². The van der Waals surface area contributed by atoms with Crippen LogP contribution in [0.4, 0.5) is 0 Å². The fourth-order valence-corrected chi connectivity index (χ4v) is 2.33. The highest BCUT2D eigenvalue weighted by molar-refractivity contribution is 6.30. The molecule has 2 rings (SSSR count). The van der Waals surface area contributed by atoms with E-state index in [-0.39, 0.29) is 18.8 Å². The Bertz CT molecular complexity index is 462. The smallest absolute Gasteiger partial charge is 0.156 e. The minimum absolute atomic E-state index is 0.0724. The van der Waals surface area contributed by atoms with Gasteiger partial charge in [-0.25, -0.2) is 0 Å². The van der Waals surface area contributed by atoms with E-state index in [0.717, 1.165) is 23.3 Å². The number of hydrogen-bond acceptors (Lipinski definition) is 4. The van der Waals surface area contributed by atoms with E-state index in [9.17, 15) is 4.79 Å². The summed E-state index contributed by atoms with van der Waals surface area (Å²) in [5.74, 6) is 0.717. The van der Waals surface area contributed by atoms with Crippen molar-refractivity contribution in [3.8, 4) is 5.75 Å². The first-order valence-electron chi connectivity index (χ1n) is 5.83. The molecule has 0 radical (unpaired) electrons. The van der Waals surface area contributed by atoms with Crippen molar-refractivity contribution in [1.82, 2.24) is 0 Å². The number of hydrogen-bond donors (Lipinski definition) is 1. The Morgan fingerprint density at radius 3 is 3.11 bits per heavy atom. The van der Waals surface area contributed by atoms with Gasteiger partial charge >= 0.3 is 0 Å². The van der Waals surface area contributed by atoms with Crippen molar-refractivity contribution in [1.29, 1.82) is 0 Å². The first-order chi connectivity index (χ1) is 8.61. The molecule has 2 N–H and O–H groups in total. The van der Waals surface area contributed by atoms with Gasteiger partial charge in [0.1, 0.15) is 5.75 Å². The van der Waals surface area contributed by atoms with E-state index in [1.807, 2.05) is 6.07 Å². The van der Waals surface area contributed by atoms with Gasteiger partial charge in [-0.15, -0.1) is 0 Å². The number of carbonyl (C=O) groups is 1. The van der Waals surface area contributed by atoms with Gasteiger partial charge in [-0.05, 0) is 17.7 Å². The number of fused-ring (bicyclic) bond motifs is 1. The second-order valence-electron chi connectivity index (χ2n) is 4.36. The quantitative estimate of drug-likeness (QED) is 0.877. The molecule has 1 heterocycles. The third-order valence-electron chi connectivity index (χ3n) is 2.95. The summed E-state index contributed by atoms with van der Waals surface area (Å²) in [6.07, 6.45) is 1.06. The predicted octanol–water partition coefficient (Wildman–Crippen LogP) is 1.36. The molecule has 1 aromatic rings. The number of benzene rings is 1. The van der Waals surface area contributed by atoms with Gasteiger partial charge in [-0.2, -0.15) is 0 Å². The van der Waals surface area contributed by atoms with E-state index in [2.05, 4.69) is 0 Å². The van der Waals surface area contributed by atoms with Gasteiger partial charge in [0, 0.05) is 30.5 Å². The number of Topliss-reactive ketones (excluding diaryl/α,β-unsaturated/α-hetero) is 1. The Balaban J connectivity index is 2.17. The van der Waals surface area contributed by atoms with Crippen LogP contribution in [0.3, 0.4) is 0 Å². The number of ketones is 1. The average Bonchev–Trinajstić information content (AvgIpc) is 2.77. The molecule has 0 bridgehead atoms. The third-order valence-corrected chi connectivity index (χ3v) is 3.17. The summed E-state index contributed by atoms with van der Waals surface area (Å²) in [5.41, 5.74) is 7.58. The molecule has 18 heavy (non-hydrogen) atoms. The van der Waals surface area contributed by atoms with Crippen LogP contribution < -0.4 is 10.5 Å². The summed E-state index contributed by atoms with van der Waals surface area (Å²) in [6, 6.07) is 3.04. The van der Waals surface area contributed by atoms with Gasteiger partial charge in [0.05, 0.1) is 19.3 Å². The first-order valence-corrected chi connectivity index (χ1v) is 6.21. The topological polar surface area (TPSA) is 61.5 Å². The normalized spacial score (nSPS) is 15.1. The Hall–Kier alpha value is -1.10. The van der Waals surface area contributed by atoms with Crippen molar-refractivity contribution < 1.29 is 14.3 Å². The van der Waals surface area contributed by atoms with E-state index in [1.54, 1.807) is 6.07 Å². The number of carbonyl (C=O) groups excluding carboxylic acids is 1. The zero-order chi connectivity index (χ0) is 13.1. The van der Waals surface area contributed by atoms with E-state index in [0.29, 0.717) is 11.6 Å². The molecule has 1 aliphatic rings. The first kappa shape index (κ1) is 13.3. The molecule has 0 fully saturated rings. The number of rotatable bonds is 5. The van der Waals surface area contributed by atoms with Crippen LogP contribution in [0.2, 0.25) is 5.02 Å². The summed E-state index contributed by atoms with van der Waals surface area (Å²) in [6.45, 7) is 0.865. The largest absolute Gasteiger partial charge is 0.493 e. The SMILES string of the molecule is COCC(N)C(=O)Cc1cc(Cl)cc2c1OCC2. The minimum atomic E-state index is -0.606. The standard InChI is InChI=1S/C13H16ClNO3/c1-17-7-11(15)12(16)6-9-5-10(14)4-8-2-3-18-13(8)9/h4-5,11H,2-3,6-7,15H2,1H3. The molecule has 0 saturated heterocycles. The predicted molar refractivity (Wildman–Crippen MR) is 69.2 cm³/mol. The Labute approximate surface area is 111 Å². The molecule has 1 aliphatic heterocycles. The highest BCUT2D eigenvalue weighted by Gasteiger charge is 2.21. The summed E-state index contributed by atoms with van der Waals surface area (Å²) in [4.78, 5) is 11.9. The van der Waals surface area contributed by atoms with Crippen LogP contribution in [0.15, 0.2) is 12.1 Å². The Morgan fingerprint density at radius 1 is 1.61 bits per heavy atom. The van der Waals surface area contributed by atoms with Crippen LogP contribution in [0, 0.1) is 0 Å². The molecule has 0 saturated carbocycles. The molecule has 1 unspecified atom stereocenters. The van der Waals surface area contributed by atoms with Gasteiger partial charge in [0.2, 0.25) is 0 Å². The molecule has 0 amide bonds. The van der Waals surface area contributed by atoms with Crippen molar-refractivity contribution >= 4 is 17.4 Å². The lowest BCUT2D eigenvalue weighted by atomic mass is 10.0. The van der Waals surface area contributed by atoms with E-state index >= 15 is 0 Å². The lowest BCUT2D eigenvalue weighted by Crippen LogP contribution is -2.36. The second kappa shape index (κ2) is 5.69. The van der Waals surface area contributed by atoms with Gasteiger partial charge < -0.3 is 15.2 Å². The van der Waals surface area contributed by atoms with Crippen LogP contribution in [0.1, 0.15) is 11.1 Å². The molecule has 4 nitrogen and oxygen atoms in total. The maximum atomic E-state index is 11.9. The summed E-state index contributed by atoms with van der Waals surface area (Å²) in [5, 5.41) is 0.627. The molecule has 0 spiro atoms. The van der Waals surface area contributed by atoms with Crippen molar-refractivity contribution in [2.45, 2.75) is 18.9 Å². The van der Waals surface area contributed by atoms with Crippen LogP contribution in [0.25, 0.3) is 0 Å². The third kappa shape index (κ3) is 2.83. The Kier molecular flexibility index (Phi) is 4.22. The molecular formula is C13H16ClNO3. The Morgan fingerprint density at radius 2 is 2.39 bits per heavy atom.